The van der Waals surface area contributed by atoms with E-state index in [0.29, 0.717) is 17.2 Å². The van der Waals surface area contributed by atoms with Gasteiger partial charge >= 0.3 is 5.97 Å². The molecular weight excluding hydrogens is 334 g/mol. The highest BCUT2D eigenvalue weighted by molar-refractivity contribution is 6.31. The summed E-state index contributed by atoms with van der Waals surface area (Å²) in [6.45, 7) is 0. The average molecular weight is 352 g/mol. The normalized spacial score (nSPS) is 16.9. The van der Waals surface area contributed by atoms with E-state index in [1.54, 1.807) is 20.3 Å². The quantitative estimate of drug-likeness (QED) is 0.821. The summed E-state index contributed by atoms with van der Waals surface area (Å²) in [4.78, 5) is 23.4. The molecule has 1 aliphatic carbocycles. The van der Waals surface area contributed by atoms with Crippen LogP contribution in [0.5, 0.6) is 0 Å². The predicted molar refractivity (Wildman–Crippen MR) is 90.2 cm³/mol. The maximum Gasteiger partial charge on any atom is 0.337 e. The van der Waals surface area contributed by atoms with Gasteiger partial charge in [-0.3, -0.25) is 4.79 Å². The first-order valence-corrected chi connectivity index (χ1v) is 7.61. The topological polar surface area (TPSA) is 84.9 Å². The second kappa shape index (κ2) is 7.99. The number of methoxy groups -OCH3 is 2. The van der Waals surface area contributed by atoms with E-state index in [2.05, 4.69) is 5.32 Å². The van der Waals surface area contributed by atoms with Gasteiger partial charge in [-0.2, -0.15) is 0 Å². The second-order valence-corrected chi connectivity index (χ2v) is 5.68. The van der Waals surface area contributed by atoms with Crippen LogP contribution in [0.15, 0.2) is 41.7 Å². The van der Waals surface area contributed by atoms with Gasteiger partial charge in [-0.05, 0) is 24.3 Å². The van der Waals surface area contributed by atoms with Gasteiger partial charge in [0.25, 0.3) is 0 Å². The summed E-state index contributed by atoms with van der Waals surface area (Å²) >= 11 is 5.87. The fourth-order valence-corrected chi connectivity index (χ4v) is 2.62. The Bertz CT molecular complexity index is 711. The number of anilines is 1. The molecule has 2 N–H and O–H groups in total. The zero-order valence-corrected chi connectivity index (χ0v) is 14.1. The van der Waals surface area contributed by atoms with Crippen LogP contribution in [-0.2, 0) is 14.3 Å². The minimum absolute atomic E-state index is 0.0123. The van der Waals surface area contributed by atoms with Crippen molar-refractivity contribution < 1.29 is 24.2 Å². The van der Waals surface area contributed by atoms with E-state index in [-0.39, 0.29) is 29.7 Å². The Morgan fingerprint density at radius 1 is 1.33 bits per heavy atom. The number of ether oxygens (including phenoxy) is 2. The number of carboxylic acid groups (broad SMARTS) is 1. The van der Waals surface area contributed by atoms with Crippen LogP contribution in [0, 0.1) is 0 Å². The molecule has 128 valence electrons. The molecule has 24 heavy (non-hydrogen) atoms. The molecule has 2 rings (SSSR count). The lowest BCUT2D eigenvalue weighted by molar-refractivity contribution is -0.115. The molecule has 0 fully saturated rings. The summed E-state index contributed by atoms with van der Waals surface area (Å²) in [6, 6.07) is 4.23. The first kappa shape index (κ1) is 18.0. The highest BCUT2D eigenvalue weighted by atomic mass is 35.5. The number of hydrogen-bond acceptors (Lipinski definition) is 4. The lowest BCUT2D eigenvalue weighted by atomic mass is 9.98. The van der Waals surface area contributed by atoms with Crippen LogP contribution in [-0.4, -0.2) is 37.3 Å². The van der Waals surface area contributed by atoms with Crippen LogP contribution in [0.1, 0.15) is 23.2 Å². The number of rotatable bonds is 6. The number of benzene rings is 1. The number of aromatic carboxylic acids is 1. The second-order valence-electron chi connectivity index (χ2n) is 5.25. The third kappa shape index (κ3) is 4.37. The van der Waals surface area contributed by atoms with Crippen LogP contribution >= 0.6 is 11.6 Å². The number of carbonyl (C=O) groups excluding carboxylic acids is 1. The van der Waals surface area contributed by atoms with Gasteiger partial charge in [0.1, 0.15) is 11.9 Å². The molecule has 0 aliphatic heterocycles. The predicted octanol–water partition coefficient (Wildman–Crippen LogP) is 3.24. The molecule has 0 bridgehead atoms. The monoisotopic (exact) mass is 351 g/mol. The Morgan fingerprint density at radius 2 is 2.08 bits per heavy atom. The number of hydrogen-bond donors (Lipinski definition) is 2. The fraction of sp³-hybridized carbons (Fsp3) is 0.294. The Kier molecular flexibility index (Phi) is 6.00. The van der Waals surface area contributed by atoms with Crippen molar-refractivity contribution in [2.75, 3.05) is 19.5 Å². The molecule has 0 heterocycles. The van der Waals surface area contributed by atoms with Crippen LogP contribution in [0.2, 0.25) is 5.02 Å². The summed E-state index contributed by atoms with van der Waals surface area (Å²) in [5, 5.41) is 12.1. The molecule has 1 aromatic carbocycles. The van der Waals surface area contributed by atoms with E-state index < -0.39 is 5.97 Å². The van der Waals surface area contributed by atoms with E-state index in [1.165, 1.54) is 18.2 Å². The van der Waals surface area contributed by atoms with Crippen LogP contribution in [0.25, 0.3) is 0 Å². The maximum absolute atomic E-state index is 12.2. The molecule has 1 unspecified atom stereocenters. The van der Waals surface area contributed by atoms with Crippen molar-refractivity contribution in [1.29, 1.82) is 0 Å². The molecule has 0 radical (unpaired) electrons. The molecule has 0 saturated carbocycles. The van der Waals surface area contributed by atoms with Crippen molar-refractivity contribution >= 4 is 29.2 Å². The van der Waals surface area contributed by atoms with E-state index in [9.17, 15) is 9.59 Å². The largest absolute Gasteiger partial charge is 0.498 e. The summed E-state index contributed by atoms with van der Waals surface area (Å²) in [5.41, 5.74) is 1.02. The summed E-state index contributed by atoms with van der Waals surface area (Å²) < 4.78 is 10.5. The van der Waals surface area contributed by atoms with Crippen molar-refractivity contribution in [2.24, 2.45) is 0 Å². The smallest absolute Gasteiger partial charge is 0.337 e. The molecule has 0 aromatic heterocycles. The van der Waals surface area contributed by atoms with Crippen LogP contribution in [0.3, 0.4) is 0 Å². The van der Waals surface area contributed by atoms with Gasteiger partial charge in [0, 0.05) is 25.0 Å². The fourth-order valence-electron chi connectivity index (χ4n) is 2.45. The molecule has 0 spiro atoms. The van der Waals surface area contributed by atoms with Gasteiger partial charge in [0.2, 0.25) is 5.91 Å². The first-order chi connectivity index (χ1) is 11.4. The molecule has 1 aliphatic rings. The van der Waals surface area contributed by atoms with Crippen molar-refractivity contribution in [3.63, 3.8) is 0 Å². The highest BCUT2D eigenvalue weighted by Gasteiger charge is 2.21. The third-order valence-electron chi connectivity index (χ3n) is 3.64. The summed E-state index contributed by atoms with van der Waals surface area (Å²) in [7, 11) is 3.14. The number of carbonyl (C=O) groups is 2. The van der Waals surface area contributed by atoms with Gasteiger partial charge in [-0.1, -0.05) is 23.3 Å². The zero-order chi connectivity index (χ0) is 17.7. The summed E-state index contributed by atoms with van der Waals surface area (Å²) in [5.74, 6) is -0.759. The molecule has 7 heteroatoms. The number of amides is 1. The molecule has 1 aromatic rings. The third-order valence-corrected chi connectivity index (χ3v) is 3.88. The lowest BCUT2D eigenvalue weighted by Crippen LogP contribution is -2.21. The first-order valence-electron chi connectivity index (χ1n) is 7.23. The Morgan fingerprint density at radius 3 is 2.71 bits per heavy atom. The zero-order valence-electron chi connectivity index (χ0n) is 13.3. The standard InChI is InChI=1S/C17H18ClNO5/c1-23-14-6-3-10(7-15(14)24-2)8-16(20)19-13-9-11(18)4-5-12(13)17(21)22/h3-6,9,15H,7-8H2,1-2H3,(H,19,20)(H,21,22). The number of carboxylic acids is 1. The van der Waals surface area contributed by atoms with Crippen LogP contribution in [0.4, 0.5) is 5.69 Å². The lowest BCUT2D eigenvalue weighted by Gasteiger charge is -2.22. The van der Waals surface area contributed by atoms with Crippen molar-refractivity contribution in [2.45, 2.75) is 18.9 Å². The number of allylic oxidation sites excluding steroid dienone is 2. The average Bonchev–Trinajstić information content (AvgIpc) is 2.54. The molecular formula is C17H18ClNO5. The molecule has 0 saturated heterocycles. The maximum atomic E-state index is 12.2. The minimum Gasteiger partial charge on any atom is -0.498 e. The van der Waals surface area contributed by atoms with Crippen molar-refractivity contribution in [1.82, 2.24) is 0 Å². The van der Waals surface area contributed by atoms with E-state index in [4.69, 9.17) is 26.2 Å². The SMILES string of the molecule is COC1=CC=C(CC(=O)Nc2cc(Cl)ccc2C(=O)O)CC1OC. The van der Waals surface area contributed by atoms with E-state index in [0.717, 1.165) is 5.57 Å². The number of halogens is 1. The van der Waals surface area contributed by atoms with Gasteiger partial charge in [0.05, 0.1) is 18.4 Å². The Hall–Kier alpha value is -2.31. The van der Waals surface area contributed by atoms with Gasteiger partial charge in [-0.15, -0.1) is 0 Å². The Balaban J connectivity index is 2.09. The minimum atomic E-state index is -1.13. The Labute approximate surface area is 144 Å². The highest BCUT2D eigenvalue weighted by Crippen LogP contribution is 2.25. The van der Waals surface area contributed by atoms with Crippen molar-refractivity contribution in [3.8, 4) is 0 Å². The number of nitrogens with one attached hydrogen (secondary N) is 1. The van der Waals surface area contributed by atoms with Crippen LogP contribution < -0.4 is 5.32 Å². The molecule has 1 atom stereocenters. The van der Waals surface area contributed by atoms with Gasteiger partial charge < -0.3 is 19.9 Å². The van der Waals surface area contributed by atoms with E-state index >= 15 is 0 Å². The van der Waals surface area contributed by atoms with E-state index in [1.807, 2.05) is 6.08 Å². The molecule has 1 amide bonds. The summed E-state index contributed by atoms with van der Waals surface area (Å²) in [6.07, 6.45) is 4.00. The van der Waals surface area contributed by atoms with Crippen molar-refractivity contribution in [3.05, 3.63) is 52.3 Å². The van der Waals surface area contributed by atoms with Gasteiger partial charge in [-0.25, -0.2) is 4.79 Å². The molecule has 6 nitrogen and oxygen atoms in total. The van der Waals surface area contributed by atoms with Gasteiger partial charge in [0.15, 0.2) is 0 Å².